The molecule has 0 saturated heterocycles. The summed E-state index contributed by atoms with van der Waals surface area (Å²) in [7, 11) is 1.62. The number of ketones is 1. The van der Waals surface area contributed by atoms with E-state index in [1.807, 2.05) is 0 Å². The summed E-state index contributed by atoms with van der Waals surface area (Å²) in [4.78, 5) is 23.7. The Kier molecular flexibility index (Phi) is 4.82. The number of benzene rings is 1. The Hall–Kier alpha value is -1.71. The highest BCUT2D eigenvalue weighted by molar-refractivity contribution is 5.96. The number of Topliss-reactive ketones (excluding diaryl/α,β-unsaturated/α-hetero) is 1. The molecule has 0 aliphatic heterocycles. The van der Waals surface area contributed by atoms with Crippen molar-refractivity contribution in [2.75, 3.05) is 13.6 Å². The number of hydrogen-bond donors (Lipinski definition) is 0. The molecule has 0 aromatic heterocycles. The Balaban J connectivity index is 2.48. The molecule has 1 aromatic carbocycles. The van der Waals surface area contributed by atoms with Gasteiger partial charge in [-0.1, -0.05) is 18.2 Å². The van der Waals surface area contributed by atoms with E-state index in [0.29, 0.717) is 18.5 Å². The highest BCUT2D eigenvalue weighted by Crippen LogP contribution is 2.07. The molecule has 92 valence electrons. The monoisotopic (exact) mass is 237 g/mol. The lowest BCUT2D eigenvalue weighted by Crippen LogP contribution is -2.30. The first kappa shape index (κ1) is 13.4. The molecule has 1 amide bonds. The predicted octanol–water partition coefficient (Wildman–Crippen LogP) is 1.81. The van der Waals surface area contributed by atoms with Crippen LogP contribution in [0.2, 0.25) is 0 Å². The van der Waals surface area contributed by atoms with Gasteiger partial charge >= 0.3 is 0 Å². The van der Waals surface area contributed by atoms with E-state index in [2.05, 4.69) is 0 Å². The zero-order valence-corrected chi connectivity index (χ0v) is 10.1. The number of hydrogen-bond acceptors (Lipinski definition) is 2. The van der Waals surface area contributed by atoms with Crippen molar-refractivity contribution < 1.29 is 14.0 Å². The fraction of sp³-hybridized carbons (Fsp3) is 0.385. The molecular weight excluding hydrogens is 221 g/mol. The van der Waals surface area contributed by atoms with Crippen LogP contribution in [-0.2, 0) is 16.0 Å². The van der Waals surface area contributed by atoms with Gasteiger partial charge < -0.3 is 4.90 Å². The number of carbonyl (C=O) groups excluding carboxylic acids is 2. The van der Waals surface area contributed by atoms with Crippen LogP contribution >= 0.6 is 0 Å². The molecule has 1 aromatic rings. The summed E-state index contributed by atoms with van der Waals surface area (Å²) in [5.74, 6) is -0.651. The molecule has 0 radical (unpaired) electrons. The van der Waals surface area contributed by atoms with Gasteiger partial charge in [0.1, 0.15) is 11.6 Å². The zero-order chi connectivity index (χ0) is 12.8. The zero-order valence-electron chi connectivity index (χ0n) is 10.1. The molecule has 4 heteroatoms. The van der Waals surface area contributed by atoms with E-state index < -0.39 is 0 Å². The van der Waals surface area contributed by atoms with Gasteiger partial charge in [-0.05, 0) is 25.0 Å². The lowest BCUT2D eigenvalue weighted by Gasteiger charge is -2.16. The van der Waals surface area contributed by atoms with E-state index in [1.165, 1.54) is 17.9 Å². The summed E-state index contributed by atoms with van der Waals surface area (Å²) in [6.07, 6.45) is 0.362. The van der Waals surface area contributed by atoms with Crippen LogP contribution in [0.5, 0.6) is 0 Å². The maximum atomic E-state index is 13.3. The molecule has 0 fully saturated rings. The summed E-state index contributed by atoms with van der Waals surface area (Å²) < 4.78 is 13.3. The maximum Gasteiger partial charge on any atom is 0.229 e. The molecule has 0 heterocycles. The highest BCUT2D eigenvalue weighted by Gasteiger charge is 2.11. The van der Waals surface area contributed by atoms with Crippen LogP contribution in [0.15, 0.2) is 24.3 Å². The van der Waals surface area contributed by atoms with Gasteiger partial charge in [0.2, 0.25) is 5.91 Å². The van der Waals surface area contributed by atoms with Crippen molar-refractivity contribution in [3.05, 3.63) is 35.6 Å². The lowest BCUT2D eigenvalue weighted by atomic mass is 10.1. The molecule has 3 nitrogen and oxygen atoms in total. The third-order valence-corrected chi connectivity index (χ3v) is 2.50. The molecule has 0 bridgehead atoms. The minimum atomic E-state index is -0.264. The molecule has 0 aliphatic rings. The van der Waals surface area contributed by atoms with Crippen molar-refractivity contribution >= 4 is 11.7 Å². The average molecular weight is 237 g/mol. The Bertz CT molecular complexity index is 418. The summed E-state index contributed by atoms with van der Waals surface area (Å²) >= 11 is 0. The third-order valence-electron chi connectivity index (χ3n) is 2.50. The van der Waals surface area contributed by atoms with Crippen LogP contribution in [0.25, 0.3) is 0 Å². The Labute approximate surface area is 100 Å². The van der Waals surface area contributed by atoms with Crippen molar-refractivity contribution in [3.63, 3.8) is 0 Å². The number of carbonyl (C=O) groups is 2. The highest BCUT2D eigenvalue weighted by atomic mass is 19.1. The summed E-state index contributed by atoms with van der Waals surface area (Å²) in [5, 5.41) is 0. The van der Waals surface area contributed by atoms with Crippen molar-refractivity contribution in [2.45, 2.75) is 19.8 Å². The topological polar surface area (TPSA) is 37.4 Å². The van der Waals surface area contributed by atoms with Crippen molar-refractivity contribution in [2.24, 2.45) is 0 Å². The van der Waals surface area contributed by atoms with E-state index in [4.69, 9.17) is 0 Å². The number of rotatable bonds is 5. The van der Waals surface area contributed by atoms with Gasteiger partial charge in [-0.2, -0.15) is 0 Å². The van der Waals surface area contributed by atoms with Gasteiger partial charge in [-0.15, -0.1) is 0 Å². The first-order valence-electron chi connectivity index (χ1n) is 5.47. The van der Waals surface area contributed by atoms with E-state index in [-0.39, 0.29) is 23.9 Å². The lowest BCUT2D eigenvalue weighted by molar-refractivity contribution is -0.133. The minimum Gasteiger partial charge on any atom is -0.345 e. The second-order valence-corrected chi connectivity index (χ2v) is 4.04. The second-order valence-electron chi connectivity index (χ2n) is 4.04. The molecule has 17 heavy (non-hydrogen) atoms. The largest absolute Gasteiger partial charge is 0.345 e. The number of amides is 1. The fourth-order valence-electron chi connectivity index (χ4n) is 1.46. The molecule has 0 spiro atoms. The van der Waals surface area contributed by atoms with Gasteiger partial charge in [-0.25, -0.2) is 4.39 Å². The van der Waals surface area contributed by atoms with Crippen LogP contribution in [-0.4, -0.2) is 30.2 Å². The maximum absolute atomic E-state index is 13.3. The van der Waals surface area contributed by atoms with Crippen molar-refractivity contribution in [1.82, 2.24) is 4.90 Å². The fourth-order valence-corrected chi connectivity index (χ4v) is 1.46. The standard InChI is InChI=1S/C13H16FNO2/c1-10(16)9-13(17)15(2)8-7-11-5-3-4-6-12(11)14/h3-6H,7-9H2,1-2H3. The normalized spacial score (nSPS) is 10.1. The number of halogens is 1. The summed E-state index contributed by atoms with van der Waals surface area (Å²) in [6.45, 7) is 1.79. The van der Waals surface area contributed by atoms with Gasteiger partial charge in [0, 0.05) is 13.6 Å². The van der Waals surface area contributed by atoms with E-state index >= 15 is 0 Å². The molecule has 0 atom stereocenters. The van der Waals surface area contributed by atoms with Crippen LogP contribution in [0.3, 0.4) is 0 Å². The molecule has 0 N–H and O–H groups in total. The third kappa shape index (κ3) is 4.34. The number of nitrogens with zero attached hydrogens (tertiary/aromatic N) is 1. The number of likely N-dealkylation sites (N-methyl/N-ethyl adjacent to an activating group) is 1. The first-order chi connectivity index (χ1) is 8.00. The second kappa shape index (κ2) is 6.13. The smallest absolute Gasteiger partial charge is 0.229 e. The SMILES string of the molecule is CC(=O)CC(=O)N(C)CCc1ccccc1F. The van der Waals surface area contributed by atoms with Crippen LogP contribution in [0, 0.1) is 5.82 Å². The van der Waals surface area contributed by atoms with Gasteiger partial charge in [0.05, 0.1) is 6.42 Å². The van der Waals surface area contributed by atoms with E-state index in [9.17, 15) is 14.0 Å². The van der Waals surface area contributed by atoms with Crippen molar-refractivity contribution in [3.8, 4) is 0 Å². The average Bonchev–Trinajstić information content (AvgIpc) is 2.26. The molecular formula is C13H16FNO2. The Morgan fingerprint density at radius 2 is 1.94 bits per heavy atom. The van der Waals surface area contributed by atoms with Crippen LogP contribution < -0.4 is 0 Å². The summed E-state index contributed by atoms with van der Waals surface area (Å²) in [6, 6.07) is 6.48. The molecule has 0 aliphatic carbocycles. The van der Waals surface area contributed by atoms with Crippen molar-refractivity contribution in [1.29, 1.82) is 0 Å². The minimum absolute atomic E-state index is 0.0895. The van der Waals surface area contributed by atoms with E-state index in [0.717, 1.165) is 0 Å². The summed E-state index contributed by atoms with van der Waals surface area (Å²) in [5.41, 5.74) is 0.579. The molecule has 0 saturated carbocycles. The first-order valence-corrected chi connectivity index (χ1v) is 5.47. The van der Waals surface area contributed by atoms with Gasteiger partial charge in [-0.3, -0.25) is 9.59 Å². The Morgan fingerprint density at radius 1 is 1.29 bits per heavy atom. The Morgan fingerprint density at radius 3 is 2.53 bits per heavy atom. The van der Waals surface area contributed by atoms with E-state index in [1.54, 1.807) is 25.2 Å². The van der Waals surface area contributed by atoms with Gasteiger partial charge in [0.15, 0.2) is 0 Å². The van der Waals surface area contributed by atoms with Crippen LogP contribution in [0.1, 0.15) is 18.9 Å². The molecule has 0 unspecified atom stereocenters. The molecule has 1 rings (SSSR count). The predicted molar refractivity (Wildman–Crippen MR) is 63.0 cm³/mol. The van der Waals surface area contributed by atoms with Crippen LogP contribution in [0.4, 0.5) is 4.39 Å². The quantitative estimate of drug-likeness (QED) is 0.732. The van der Waals surface area contributed by atoms with Gasteiger partial charge in [0.25, 0.3) is 0 Å².